The van der Waals surface area contributed by atoms with Gasteiger partial charge in [-0.3, -0.25) is 4.98 Å². The predicted octanol–water partition coefficient (Wildman–Crippen LogP) is 1.92. The number of rotatable bonds is 6. The topological polar surface area (TPSA) is 73.7 Å². The van der Waals surface area contributed by atoms with E-state index in [1.165, 1.54) is 6.20 Å². The Bertz CT molecular complexity index is 640. The van der Waals surface area contributed by atoms with Crippen molar-refractivity contribution in [2.45, 2.75) is 0 Å². The molecule has 0 spiro atoms. The second kappa shape index (κ2) is 6.16. The van der Waals surface area contributed by atoms with E-state index in [1.54, 1.807) is 11.0 Å². The van der Waals surface area contributed by atoms with Crippen molar-refractivity contribution in [3.05, 3.63) is 48.7 Å². The fourth-order valence-electron chi connectivity index (χ4n) is 2.19. The average molecular weight is 272 g/mol. The molecule has 5 heteroatoms. The highest BCUT2D eigenvalue weighted by Gasteiger charge is 2.19. The summed E-state index contributed by atoms with van der Waals surface area (Å²) in [6.07, 6.45) is 3.03. The monoisotopic (exact) mass is 272 g/mol. The zero-order valence-electron chi connectivity index (χ0n) is 11.0. The van der Waals surface area contributed by atoms with E-state index in [9.17, 15) is 15.0 Å². The molecule has 0 aliphatic carbocycles. The third-order valence-corrected chi connectivity index (χ3v) is 3.01. The second-order valence-electron chi connectivity index (χ2n) is 4.30. The Kier molecular flexibility index (Phi) is 4.32. The zero-order valence-corrected chi connectivity index (χ0v) is 11.0. The van der Waals surface area contributed by atoms with Crippen LogP contribution in [0.25, 0.3) is 10.9 Å². The van der Waals surface area contributed by atoms with Crippen LogP contribution in [-0.4, -0.2) is 40.9 Å². The van der Waals surface area contributed by atoms with Crippen LogP contribution in [0.1, 0.15) is 10.4 Å². The molecule has 0 bridgehead atoms. The first-order valence-electron chi connectivity index (χ1n) is 6.26. The number of nitrogens with zero attached hydrogens (tertiary/aromatic N) is 2. The third-order valence-electron chi connectivity index (χ3n) is 3.01. The number of aromatic nitrogens is 1. The highest BCUT2D eigenvalue weighted by molar-refractivity contribution is 6.04. The molecule has 0 atom stereocenters. The molecule has 2 aromatic rings. The lowest BCUT2D eigenvalue weighted by Gasteiger charge is -2.25. The summed E-state index contributed by atoms with van der Waals surface area (Å²) in [6, 6.07) is 7.35. The standard InChI is InChI=1S/C15H16N2O3/c1-2-7-17(8-9-18)14-11-5-3-4-6-13(11)16-10-12(14)15(19)20/h2-6,10,18H,1,7-9H2,(H,19,20). The Morgan fingerprint density at radius 2 is 2.15 bits per heavy atom. The van der Waals surface area contributed by atoms with Crippen molar-refractivity contribution in [2.75, 3.05) is 24.6 Å². The number of aliphatic hydroxyl groups is 1. The normalized spacial score (nSPS) is 10.4. The van der Waals surface area contributed by atoms with Crippen molar-refractivity contribution in [2.24, 2.45) is 0 Å². The third kappa shape index (κ3) is 2.62. The molecule has 0 radical (unpaired) electrons. The van der Waals surface area contributed by atoms with Gasteiger partial charge in [0.15, 0.2) is 0 Å². The van der Waals surface area contributed by atoms with Crippen LogP contribution < -0.4 is 4.90 Å². The molecule has 0 amide bonds. The maximum absolute atomic E-state index is 11.4. The van der Waals surface area contributed by atoms with Crippen LogP contribution in [0, 0.1) is 0 Å². The molecule has 0 unspecified atom stereocenters. The van der Waals surface area contributed by atoms with Gasteiger partial charge in [-0.15, -0.1) is 6.58 Å². The van der Waals surface area contributed by atoms with Crippen LogP contribution in [0.3, 0.4) is 0 Å². The number of fused-ring (bicyclic) bond motifs is 1. The number of benzene rings is 1. The van der Waals surface area contributed by atoms with Crippen molar-refractivity contribution >= 4 is 22.6 Å². The number of pyridine rings is 1. The van der Waals surface area contributed by atoms with E-state index in [0.717, 1.165) is 10.9 Å². The lowest BCUT2D eigenvalue weighted by Crippen LogP contribution is -2.28. The molecule has 0 aliphatic heterocycles. The van der Waals surface area contributed by atoms with Crippen LogP contribution in [-0.2, 0) is 0 Å². The zero-order chi connectivity index (χ0) is 14.5. The minimum absolute atomic E-state index is 0.0659. The summed E-state index contributed by atoms with van der Waals surface area (Å²) in [5, 5.41) is 19.3. The van der Waals surface area contributed by atoms with Crippen molar-refractivity contribution in [1.29, 1.82) is 0 Å². The van der Waals surface area contributed by atoms with Gasteiger partial charge in [0.25, 0.3) is 0 Å². The molecule has 2 N–H and O–H groups in total. The van der Waals surface area contributed by atoms with Gasteiger partial charge >= 0.3 is 5.97 Å². The molecule has 1 heterocycles. The highest BCUT2D eigenvalue weighted by Crippen LogP contribution is 2.29. The predicted molar refractivity (Wildman–Crippen MR) is 78.2 cm³/mol. The fraction of sp³-hybridized carbons (Fsp3) is 0.200. The van der Waals surface area contributed by atoms with Crippen LogP contribution in [0.15, 0.2) is 43.1 Å². The second-order valence-corrected chi connectivity index (χ2v) is 4.30. The Hall–Kier alpha value is -2.40. The molecule has 0 fully saturated rings. The van der Waals surface area contributed by atoms with Gasteiger partial charge in [0.2, 0.25) is 0 Å². The van der Waals surface area contributed by atoms with Crippen molar-refractivity contribution in [3.8, 4) is 0 Å². The first-order valence-corrected chi connectivity index (χ1v) is 6.26. The molecule has 1 aromatic heterocycles. The van der Waals surface area contributed by atoms with E-state index >= 15 is 0 Å². The van der Waals surface area contributed by atoms with E-state index in [0.29, 0.717) is 18.8 Å². The maximum Gasteiger partial charge on any atom is 0.339 e. The smallest absolute Gasteiger partial charge is 0.339 e. The maximum atomic E-state index is 11.4. The number of hydrogen-bond acceptors (Lipinski definition) is 4. The number of carbonyl (C=O) groups is 1. The van der Waals surface area contributed by atoms with E-state index in [4.69, 9.17) is 0 Å². The molecule has 0 saturated heterocycles. The minimum Gasteiger partial charge on any atom is -0.478 e. The van der Waals surface area contributed by atoms with Gasteiger partial charge in [-0.25, -0.2) is 4.79 Å². The van der Waals surface area contributed by atoms with Gasteiger partial charge in [0, 0.05) is 24.7 Å². The largest absolute Gasteiger partial charge is 0.478 e. The summed E-state index contributed by atoms with van der Waals surface area (Å²) in [5.74, 6) is -1.04. The minimum atomic E-state index is -1.04. The van der Waals surface area contributed by atoms with Gasteiger partial charge in [0.1, 0.15) is 5.56 Å². The first-order chi connectivity index (χ1) is 9.69. The fourth-order valence-corrected chi connectivity index (χ4v) is 2.19. The summed E-state index contributed by atoms with van der Waals surface area (Å²) in [4.78, 5) is 17.4. The summed E-state index contributed by atoms with van der Waals surface area (Å²) in [6.45, 7) is 4.40. The lowest BCUT2D eigenvalue weighted by molar-refractivity contribution is 0.0697. The van der Waals surface area contributed by atoms with Crippen LogP contribution in [0.2, 0.25) is 0 Å². The van der Waals surface area contributed by atoms with Gasteiger partial charge < -0.3 is 15.1 Å². The molecule has 20 heavy (non-hydrogen) atoms. The first kappa shape index (κ1) is 14.0. The average Bonchev–Trinajstić information content (AvgIpc) is 2.45. The van der Waals surface area contributed by atoms with E-state index < -0.39 is 5.97 Å². The number of carboxylic acid groups (broad SMARTS) is 1. The Balaban J connectivity index is 2.70. The summed E-state index contributed by atoms with van der Waals surface area (Å²) >= 11 is 0. The number of para-hydroxylation sites is 1. The van der Waals surface area contributed by atoms with E-state index in [-0.39, 0.29) is 12.2 Å². The summed E-state index contributed by atoms with van der Waals surface area (Å²) in [5.41, 5.74) is 1.41. The SMILES string of the molecule is C=CCN(CCO)c1c(C(=O)O)cnc2ccccc12. The van der Waals surface area contributed by atoms with Crippen molar-refractivity contribution in [1.82, 2.24) is 4.98 Å². The summed E-state index contributed by atoms with van der Waals surface area (Å²) in [7, 11) is 0. The molecule has 2 rings (SSSR count). The Morgan fingerprint density at radius 3 is 2.80 bits per heavy atom. The van der Waals surface area contributed by atoms with Gasteiger partial charge in [-0.2, -0.15) is 0 Å². The molecule has 1 aromatic carbocycles. The molecule has 104 valence electrons. The molecular weight excluding hydrogens is 256 g/mol. The van der Waals surface area contributed by atoms with E-state index in [1.807, 2.05) is 24.3 Å². The molecular formula is C15H16N2O3. The Morgan fingerprint density at radius 1 is 1.40 bits per heavy atom. The quantitative estimate of drug-likeness (QED) is 0.786. The number of aliphatic hydroxyl groups excluding tert-OH is 1. The number of aromatic carboxylic acids is 1. The highest BCUT2D eigenvalue weighted by atomic mass is 16.4. The molecule has 0 aliphatic rings. The number of anilines is 1. The summed E-state index contributed by atoms with van der Waals surface area (Å²) < 4.78 is 0. The van der Waals surface area contributed by atoms with Crippen LogP contribution in [0.4, 0.5) is 5.69 Å². The lowest BCUT2D eigenvalue weighted by atomic mass is 10.1. The van der Waals surface area contributed by atoms with Crippen molar-refractivity contribution < 1.29 is 15.0 Å². The molecule has 5 nitrogen and oxygen atoms in total. The Labute approximate surface area is 116 Å². The van der Waals surface area contributed by atoms with Gasteiger partial charge in [-0.1, -0.05) is 24.3 Å². The number of carboxylic acids is 1. The van der Waals surface area contributed by atoms with Gasteiger partial charge in [-0.05, 0) is 6.07 Å². The molecule has 0 saturated carbocycles. The van der Waals surface area contributed by atoms with Gasteiger partial charge in [0.05, 0.1) is 17.8 Å². The number of hydrogen-bond donors (Lipinski definition) is 2. The van der Waals surface area contributed by atoms with E-state index in [2.05, 4.69) is 11.6 Å². The van der Waals surface area contributed by atoms with Crippen LogP contribution >= 0.6 is 0 Å². The van der Waals surface area contributed by atoms with Crippen molar-refractivity contribution in [3.63, 3.8) is 0 Å². The van der Waals surface area contributed by atoms with Crippen LogP contribution in [0.5, 0.6) is 0 Å².